The number of halogens is 3. The molecule has 9 heteroatoms. The largest absolute Gasteiger partial charge is 0.534 e. The van der Waals surface area contributed by atoms with Crippen LogP contribution in [0.1, 0.15) is 50.7 Å². The molecule has 0 aliphatic rings. The lowest BCUT2D eigenvalue weighted by atomic mass is 9.87. The molecule has 37 heavy (non-hydrogen) atoms. The molecular weight excluding hydrogens is 501 g/mol. The van der Waals surface area contributed by atoms with Gasteiger partial charge in [-0.05, 0) is 52.6 Å². The number of alkyl halides is 3. The first-order chi connectivity index (χ1) is 17.4. The zero-order valence-electron chi connectivity index (χ0n) is 20.7. The lowest BCUT2D eigenvalue weighted by molar-refractivity contribution is -0.0500. The number of nitrogens with zero attached hydrogens (tertiary/aromatic N) is 2. The lowest BCUT2D eigenvalue weighted by Crippen LogP contribution is -2.28. The van der Waals surface area contributed by atoms with Crippen LogP contribution < -0.4 is 4.18 Å². The van der Waals surface area contributed by atoms with E-state index in [0.29, 0.717) is 11.0 Å². The molecule has 2 aromatic heterocycles. The quantitative estimate of drug-likeness (QED) is 0.133. The monoisotopic (exact) mass is 526 g/mol. The van der Waals surface area contributed by atoms with Gasteiger partial charge >= 0.3 is 15.6 Å². The molecule has 0 atom stereocenters. The van der Waals surface area contributed by atoms with Crippen molar-refractivity contribution in [3.05, 3.63) is 78.0 Å². The number of benzene rings is 3. The zero-order valence-corrected chi connectivity index (χ0v) is 21.5. The van der Waals surface area contributed by atoms with Crippen molar-refractivity contribution in [1.82, 2.24) is 9.38 Å². The number of hydrogen-bond donors (Lipinski definition) is 0. The van der Waals surface area contributed by atoms with Gasteiger partial charge in [-0.15, -0.1) is 0 Å². The van der Waals surface area contributed by atoms with Crippen molar-refractivity contribution >= 4 is 37.4 Å². The minimum atomic E-state index is -5.81. The number of aromatic nitrogens is 2. The molecule has 0 fully saturated rings. The van der Waals surface area contributed by atoms with Gasteiger partial charge in [-0.2, -0.15) is 21.6 Å². The molecule has 192 valence electrons. The summed E-state index contributed by atoms with van der Waals surface area (Å²) in [7, 11) is -5.81. The number of hydrogen-bond acceptors (Lipinski definition) is 4. The Morgan fingerprint density at radius 3 is 2.11 bits per heavy atom. The highest BCUT2D eigenvalue weighted by atomic mass is 32.2. The maximum absolute atomic E-state index is 13.0. The Balaban J connectivity index is 1.87. The Labute approximate surface area is 212 Å². The molecule has 2 heterocycles. The molecule has 0 amide bonds. The van der Waals surface area contributed by atoms with Crippen molar-refractivity contribution in [2.45, 2.75) is 45.0 Å². The topological polar surface area (TPSA) is 60.7 Å². The van der Waals surface area contributed by atoms with Gasteiger partial charge in [0.25, 0.3) is 0 Å². The molecule has 0 unspecified atom stereocenters. The van der Waals surface area contributed by atoms with Crippen LogP contribution in [-0.2, 0) is 10.1 Å². The first-order valence-corrected chi connectivity index (χ1v) is 13.3. The molecule has 5 rings (SSSR count). The van der Waals surface area contributed by atoms with Gasteiger partial charge in [0, 0.05) is 16.3 Å². The van der Waals surface area contributed by atoms with Crippen LogP contribution in [0.3, 0.4) is 0 Å². The van der Waals surface area contributed by atoms with Gasteiger partial charge in [-0.1, -0.05) is 64.1 Å². The van der Waals surface area contributed by atoms with Crippen LogP contribution >= 0.6 is 0 Å². The van der Waals surface area contributed by atoms with E-state index in [1.807, 2.05) is 28.7 Å². The van der Waals surface area contributed by atoms with Gasteiger partial charge in [-0.3, -0.25) is 4.40 Å². The first kappa shape index (κ1) is 25.1. The fraction of sp³-hybridized carbons (Fsp3) is 0.250. The highest BCUT2D eigenvalue weighted by Crippen LogP contribution is 2.40. The van der Waals surface area contributed by atoms with Crippen LogP contribution in [0, 0.1) is 0 Å². The van der Waals surface area contributed by atoms with Gasteiger partial charge in [-0.25, -0.2) is 4.98 Å². The maximum Gasteiger partial charge on any atom is 0.534 e. The van der Waals surface area contributed by atoms with Crippen molar-refractivity contribution < 1.29 is 25.8 Å². The number of rotatable bonds is 5. The number of fused-ring (bicyclic) bond motifs is 6. The third kappa shape index (κ3) is 4.11. The Morgan fingerprint density at radius 2 is 1.49 bits per heavy atom. The van der Waals surface area contributed by atoms with E-state index in [-0.39, 0.29) is 11.8 Å². The molecule has 0 N–H and O–H groups in total. The zero-order chi connectivity index (χ0) is 26.7. The van der Waals surface area contributed by atoms with Crippen molar-refractivity contribution in [2.75, 3.05) is 0 Å². The van der Waals surface area contributed by atoms with E-state index >= 15 is 0 Å². The third-order valence-electron chi connectivity index (χ3n) is 6.55. The SMILES string of the molecule is CC(C)c1cccc(C(C)C)c1-c1cnc2c3cc(OS(=O)(=O)C(F)(F)F)ccc3c3ccccc3n12. The summed E-state index contributed by atoms with van der Waals surface area (Å²) in [5, 5.41) is 2.05. The van der Waals surface area contributed by atoms with Gasteiger partial charge in [0.05, 0.1) is 17.4 Å². The molecule has 5 nitrogen and oxygen atoms in total. The highest BCUT2D eigenvalue weighted by Gasteiger charge is 2.48. The van der Waals surface area contributed by atoms with Crippen molar-refractivity contribution in [3.63, 3.8) is 0 Å². The van der Waals surface area contributed by atoms with E-state index in [1.165, 1.54) is 12.1 Å². The number of imidazole rings is 1. The second-order valence-corrected chi connectivity index (χ2v) is 11.2. The minimum absolute atomic E-state index is 0.235. The van der Waals surface area contributed by atoms with E-state index < -0.39 is 21.4 Å². The molecule has 0 radical (unpaired) electrons. The van der Waals surface area contributed by atoms with Crippen LogP contribution in [0.2, 0.25) is 0 Å². The van der Waals surface area contributed by atoms with Crippen LogP contribution in [0.5, 0.6) is 5.75 Å². The molecule has 0 saturated carbocycles. The molecule has 0 bridgehead atoms. The average molecular weight is 527 g/mol. The maximum atomic E-state index is 13.0. The van der Waals surface area contributed by atoms with Gasteiger partial charge in [0.15, 0.2) is 0 Å². The lowest BCUT2D eigenvalue weighted by Gasteiger charge is -2.20. The van der Waals surface area contributed by atoms with Crippen molar-refractivity contribution in [2.24, 2.45) is 0 Å². The van der Waals surface area contributed by atoms with Crippen molar-refractivity contribution in [3.8, 4) is 17.0 Å². The number of para-hydroxylation sites is 1. The molecule has 0 spiro atoms. The Morgan fingerprint density at radius 1 is 0.838 bits per heavy atom. The third-order valence-corrected chi connectivity index (χ3v) is 7.53. The second-order valence-electron chi connectivity index (χ2n) is 9.63. The van der Waals surface area contributed by atoms with E-state index in [9.17, 15) is 21.6 Å². The molecular formula is C28H25F3N2O3S. The highest BCUT2D eigenvalue weighted by molar-refractivity contribution is 7.88. The smallest absolute Gasteiger partial charge is 0.376 e. The Kier molecular flexibility index (Phi) is 5.94. The Bertz CT molecular complexity index is 1750. The summed E-state index contributed by atoms with van der Waals surface area (Å²) in [6, 6.07) is 18.0. The van der Waals surface area contributed by atoms with E-state index in [0.717, 1.165) is 38.7 Å². The van der Waals surface area contributed by atoms with E-state index in [4.69, 9.17) is 4.98 Å². The van der Waals surface area contributed by atoms with Crippen LogP contribution in [0.15, 0.2) is 66.9 Å². The average Bonchev–Trinajstić information content (AvgIpc) is 3.28. The summed E-state index contributed by atoms with van der Waals surface area (Å²) in [6.07, 6.45) is 1.77. The van der Waals surface area contributed by atoms with Crippen LogP contribution in [0.25, 0.3) is 38.6 Å². The fourth-order valence-corrected chi connectivity index (χ4v) is 5.33. The van der Waals surface area contributed by atoms with Crippen LogP contribution in [-0.4, -0.2) is 23.3 Å². The van der Waals surface area contributed by atoms with Crippen LogP contribution in [0.4, 0.5) is 13.2 Å². The predicted molar refractivity (Wildman–Crippen MR) is 139 cm³/mol. The molecule has 5 aromatic rings. The minimum Gasteiger partial charge on any atom is -0.376 e. The summed E-state index contributed by atoms with van der Waals surface area (Å²) < 4.78 is 68.6. The molecule has 3 aromatic carbocycles. The second kappa shape index (κ2) is 8.76. The summed E-state index contributed by atoms with van der Waals surface area (Å²) in [6.45, 7) is 8.52. The molecule has 0 saturated heterocycles. The van der Waals surface area contributed by atoms with Gasteiger partial charge in [0.2, 0.25) is 0 Å². The summed E-state index contributed by atoms with van der Waals surface area (Å²) in [5.41, 5.74) is 0.0757. The fourth-order valence-electron chi connectivity index (χ4n) is 4.87. The molecule has 0 aliphatic heterocycles. The summed E-state index contributed by atoms with van der Waals surface area (Å²) >= 11 is 0. The molecule has 0 aliphatic carbocycles. The standard InChI is InChI=1S/C28H25F3N2O3S/c1-16(2)19-9-7-10-20(17(3)4)26(19)25-15-32-27-23-14-18(36-37(34,35)28(29,30)31)12-13-21(23)22-8-5-6-11-24(22)33(25)27/h5-17H,1-4H3. The Hall–Kier alpha value is -3.59. The summed E-state index contributed by atoms with van der Waals surface area (Å²) in [4.78, 5) is 4.70. The first-order valence-electron chi connectivity index (χ1n) is 11.9. The van der Waals surface area contributed by atoms with Gasteiger partial charge < -0.3 is 4.18 Å². The normalized spacial score (nSPS) is 12.9. The summed E-state index contributed by atoms with van der Waals surface area (Å²) in [5.74, 6) is 0.0362. The predicted octanol–water partition coefficient (Wildman–Crippen LogP) is 7.78. The van der Waals surface area contributed by atoms with E-state index in [1.54, 1.807) is 12.3 Å². The van der Waals surface area contributed by atoms with Crippen molar-refractivity contribution in [1.29, 1.82) is 0 Å². The number of pyridine rings is 1. The van der Waals surface area contributed by atoms with Gasteiger partial charge in [0.1, 0.15) is 11.4 Å². The van der Waals surface area contributed by atoms with E-state index in [2.05, 4.69) is 50.1 Å².